The second-order valence-electron chi connectivity index (χ2n) is 21.8. The first-order chi connectivity index (χ1) is 25.0. The molecule has 6 saturated carbocycles. The molecule has 1 aromatic heterocycles. The zero-order valence-corrected chi connectivity index (χ0v) is 35.2. The molecule has 1 amide bonds. The van der Waals surface area contributed by atoms with E-state index in [0.29, 0.717) is 35.5 Å². The van der Waals surface area contributed by atoms with Crippen LogP contribution in [0.3, 0.4) is 0 Å². The average molecular weight is 748 g/mol. The number of aliphatic carboxylic acids is 1. The summed E-state index contributed by atoms with van der Waals surface area (Å²) in [6, 6.07) is 0.0688. The molecule has 0 unspecified atom stereocenters. The summed E-state index contributed by atoms with van der Waals surface area (Å²) >= 11 is 0. The zero-order chi connectivity index (χ0) is 39.6. The number of ether oxygens (including phenoxy) is 1. The Balaban J connectivity index is 1.12. The molecule has 1 aromatic rings. The number of allylic oxidation sites excluding steroid dienone is 1. The van der Waals surface area contributed by atoms with Crippen molar-refractivity contribution in [2.75, 3.05) is 0 Å². The van der Waals surface area contributed by atoms with Crippen LogP contribution >= 0.6 is 0 Å². The van der Waals surface area contributed by atoms with Crippen LogP contribution in [0.15, 0.2) is 16.6 Å². The number of carbonyl (C=O) groups excluding carboxylic acids is 2. The highest BCUT2D eigenvalue weighted by atomic mass is 16.5. The lowest BCUT2D eigenvalue weighted by Crippen LogP contribution is -2.68. The number of hydrogen-bond acceptors (Lipinski definition) is 7. The van der Waals surface area contributed by atoms with Gasteiger partial charge in [-0.1, -0.05) is 60.6 Å². The summed E-state index contributed by atoms with van der Waals surface area (Å²) in [4.78, 5) is 39.8. The summed E-state index contributed by atoms with van der Waals surface area (Å²) in [5.41, 5.74) is -0.355. The lowest BCUT2D eigenvalue weighted by atomic mass is 9.32. The normalized spacial score (nSPS) is 43.3. The average Bonchev–Trinajstić information content (AvgIpc) is 3.68. The van der Waals surface area contributed by atoms with Gasteiger partial charge in [0.1, 0.15) is 6.10 Å². The summed E-state index contributed by atoms with van der Waals surface area (Å²) in [5.74, 6) is 2.32. The number of carboxylic acid groups (broad SMARTS) is 1. The molecule has 300 valence electrons. The lowest BCUT2D eigenvalue weighted by Gasteiger charge is -2.73. The number of esters is 1. The van der Waals surface area contributed by atoms with Crippen molar-refractivity contribution in [1.82, 2.24) is 15.5 Å². The van der Waals surface area contributed by atoms with Crippen molar-refractivity contribution in [2.45, 2.75) is 171 Å². The fraction of sp³-hybridized carbons (Fsp3) is 0.844. The highest BCUT2D eigenvalue weighted by Crippen LogP contribution is 2.77. The summed E-state index contributed by atoms with van der Waals surface area (Å²) < 4.78 is 12.0. The van der Waals surface area contributed by atoms with Gasteiger partial charge in [-0.2, -0.15) is 0 Å². The van der Waals surface area contributed by atoms with Crippen molar-refractivity contribution in [3.05, 3.63) is 23.9 Å². The SMILES string of the molecule is C=C(C)[C@@H]1CC[C@]2(C(=O)N[C@@H]3C[C@H](c4nnc(C)o4)C3(C)C)CC[C@]3(C)[C@H](CC[C@@H]4[C@@]5(C)CC[C@H](OC(=O)CC(C)(C)C(=O)O)C(C)(C)[C@@H]5CC[C@]43C)[C@@H]12. The summed E-state index contributed by atoms with van der Waals surface area (Å²) in [7, 11) is 0. The summed E-state index contributed by atoms with van der Waals surface area (Å²) in [6.45, 7) is 28.6. The predicted octanol–water partition coefficient (Wildman–Crippen LogP) is 9.45. The van der Waals surface area contributed by atoms with Crippen LogP contribution in [0.4, 0.5) is 0 Å². The maximum atomic E-state index is 14.9. The fourth-order valence-corrected chi connectivity index (χ4v) is 14.7. The van der Waals surface area contributed by atoms with Gasteiger partial charge in [0.15, 0.2) is 0 Å². The maximum absolute atomic E-state index is 14.9. The van der Waals surface area contributed by atoms with Crippen molar-refractivity contribution in [1.29, 1.82) is 0 Å². The Morgan fingerprint density at radius 3 is 2.20 bits per heavy atom. The van der Waals surface area contributed by atoms with Gasteiger partial charge in [-0.3, -0.25) is 14.4 Å². The summed E-state index contributed by atoms with van der Waals surface area (Å²) in [6.07, 6.45) is 10.8. The van der Waals surface area contributed by atoms with Crippen molar-refractivity contribution in [3.8, 4) is 0 Å². The maximum Gasteiger partial charge on any atom is 0.309 e. The number of aryl methyl sites for hydroxylation is 1. The van der Waals surface area contributed by atoms with E-state index in [4.69, 9.17) is 9.15 Å². The van der Waals surface area contributed by atoms with Gasteiger partial charge in [0.2, 0.25) is 17.7 Å². The molecule has 7 rings (SSSR count). The van der Waals surface area contributed by atoms with Crippen molar-refractivity contribution in [2.24, 2.45) is 67.5 Å². The van der Waals surface area contributed by atoms with Gasteiger partial charge in [-0.05, 0) is 143 Å². The highest BCUT2D eigenvalue weighted by Gasteiger charge is 2.72. The van der Waals surface area contributed by atoms with Crippen molar-refractivity contribution < 1.29 is 28.6 Å². The molecule has 0 spiro atoms. The lowest BCUT2D eigenvalue weighted by molar-refractivity contribution is -0.249. The number of aromatic nitrogens is 2. The third-order valence-corrected chi connectivity index (χ3v) is 18.3. The molecule has 0 aromatic carbocycles. The third-order valence-electron chi connectivity index (χ3n) is 18.3. The van der Waals surface area contributed by atoms with Crippen LogP contribution in [0.25, 0.3) is 0 Å². The minimum Gasteiger partial charge on any atom is -0.481 e. The second kappa shape index (κ2) is 12.6. The van der Waals surface area contributed by atoms with Gasteiger partial charge < -0.3 is 19.6 Å². The van der Waals surface area contributed by atoms with E-state index in [0.717, 1.165) is 70.6 Å². The molecule has 54 heavy (non-hydrogen) atoms. The smallest absolute Gasteiger partial charge is 0.309 e. The number of carbonyl (C=O) groups is 3. The molecule has 9 heteroatoms. The van der Waals surface area contributed by atoms with Crippen molar-refractivity contribution in [3.63, 3.8) is 0 Å². The summed E-state index contributed by atoms with van der Waals surface area (Å²) in [5, 5.41) is 21.7. The van der Waals surface area contributed by atoms with Crippen LogP contribution in [-0.4, -0.2) is 45.3 Å². The second-order valence-corrected chi connectivity index (χ2v) is 21.8. The van der Waals surface area contributed by atoms with Gasteiger partial charge in [0, 0.05) is 24.3 Å². The highest BCUT2D eigenvalue weighted by molar-refractivity contribution is 5.84. The van der Waals surface area contributed by atoms with Gasteiger partial charge in [-0.15, -0.1) is 10.2 Å². The Labute approximate surface area is 324 Å². The molecule has 0 radical (unpaired) electrons. The molecule has 12 atom stereocenters. The van der Waals surface area contributed by atoms with E-state index in [1.807, 2.05) is 6.92 Å². The van der Waals surface area contributed by atoms with E-state index < -0.39 is 17.4 Å². The first-order valence-corrected chi connectivity index (χ1v) is 21.1. The minimum absolute atomic E-state index is 0.0688. The number of hydrogen-bond donors (Lipinski definition) is 2. The molecule has 0 aliphatic heterocycles. The largest absolute Gasteiger partial charge is 0.481 e. The van der Waals surface area contributed by atoms with Crippen LogP contribution in [-0.2, 0) is 19.1 Å². The van der Waals surface area contributed by atoms with E-state index >= 15 is 0 Å². The predicted molar refractivity (Wildman–Crippen MR) is 207 cm³/mol. The fourth-order valence-electron chi connectivity index (χ4n) is 14.7. The Morgan fingerprint density at radius 2 is 1.59 bits per heavy atom. The van der Waals surface area contributed by atoms with E-state index in [1.54, 1.807) is 13.8 Å². The number of nitrogens with one attached hydrogen (secondary N) is 1. The number of nitrogens with zero attached hydrogens (tertiary/aromatic N) is 2. The van der Waals surface area contributed by atoms with Crippen LogP contribution in [0, 0.1) is 74.4 Å². The molecule has 6 aliphatic rings. The van der Waals surface area contributed by atoms with Crippen molar-refractivity contribution >= 4 is 17.8 Å². The standard InChI is InChI=1S/C45H69N3O6/c1-25(2)27-15-20-45(37(50)46-32-23-29(40(32,6)7)36-48-47-26(3)53-36)22-21-43(11)28(35(27)45)13-14-31-42(10)18-17-33(54-34(49)24-39(4,5)38(51)52)41(8,9)30(42)16-19-44(31,43)12/h27-33,35H,1,13-24H2,2-12H3,(H,46,50)(H,51,52)/t27-,28+,29+,30-,31+,32+,33-,35+,42-,43+,44+,45-/m0/s1. The number of amides is 1. The molecule has 0 saturated heterocycles. The number of carboxylic acids is 1. The van der Waals surface area contributed by atoms with Gasteiger partial charge >= 0.3 is 11.9 Å². The first kappa shape index (κ1) is 39.5. The van der Waals surface area contributed by atoms with E-state index in [2.05, 4.69) is 77.5 Å². The first-order valence-electron chi connectivity index (χ1n) is 21.1. The van der Waals surface area contributed by atoms with E-state index in [9.17, 15) is 19.5 Å². The van der Waals surface area contributed by atoms with Gasteiger partial charge in [0.05, 0.1) is 17.3 Å². The quantitative estimate of drug-likeness (QED) is 0.199. The molecular formula is C45H69N3O6. The van der Waals surface area contributed by atoms with Crippen LogP contribution in [0.5, 0.6) is 0 Å². The van der Waals surface area contributed by atoms with E-state index in [-0.39, 0.29) is 68.8 Å². The van der Waals surface area contributed by atoms with Gasteiger partial charge in [-0.25, -0.2) is 0 Å². The van der Waals surface area contributed by atoms with Crippen LogP contribution < -0.4 is 5.32 Å². The molecule has 6 aliphatic carbocycles. The Bertz CT molecular complexity index is 1710. The molecule has 2 N–H and O–H groups in total. The molecule has 6 fully saturated rings. The van der Waals surface area contributed by atoms with Gasteiger partial charge in [0.25, 0.3) is 0 Å². The topological polar surface area (TPSA) is 132 Å². The van der Waals surface area contributed by atoms with Crippen LogP contribution in [0.1, 0.15) is 164 Å². The molecule has 9 nitrogen and oxygen atoms in total. The number of rotatable bonds is 8. The molecule has 0 bridgehead atoms. The third kappa shape index (κ3) is 5.52. The Hall–Kier alpha value is -2.71. The zero-order valence-electron chi connectivity index (χ0n) is 35.2. The number of fused-ring (bicyclic) bond motifs is 7. The monoisotopic (exact) mass is 748 g/mol. The molecular weight excluding hydrogens is 679 g/mol. The Kier molecular flexibility index (Phi) is 9.26. The minimum atomic E-state index is -1.15. The van der Waals surface area contributed by atoms with Crippen LogP contribution in [0.2, 0.25) is 0 Å². The Morgan fingerprint density at radius 1 is 0.889 bits per heavy atom. The van der Waals surface area contributed by atoms with E-state index in [1.165, 1.54) is 5.57 Å². The molecule has 1 heterocycles.